The summed E-state index contributed by atoms with van der Waals surface area (Å²) in [7, 11) is -3.00. The van der Waals surface area contributed by atoms with Crippen molar-refractivity contribution in [3.63, 3.8) is 0 Å². The van der Waals surface area contributed by atoms with Crippen LogP contribution in [0.5, 0.6) is 0 Å². The van der Waals surface area contributed by atoms with Crippen LogP contribution in [0.2, 0.25) is 0 Å². The van der Waals surface area contributed by atoms with Gasteiger partial charge >= 0.3 is 0 Å². The topological polar surface area (TPSA) is 54.5 Å². The van der Waals surface area contributed by atoms with Gasteiger partial charge in [-0.3, -0.25) is 4.79 Å². The number of sulfone groups is 1. The summed E-state index contributed by atoms with van der Waals surface area (Å²) >= 11 is 0. The third kappa shape index (κ3) is 5.59. The summed E-state index contributed by atoms with van der Waals surface area (Å²) in [5.41, 5.74) is 2.50. The molecule has 0 atom stereocenters. The first-order chi connectivity index (χ1) is 13.3. The summed E-state index contributed by atoms with van der Waals surface area (Å²) < 4.78 is 24.2. The monoisotopic (exact) mass is 405 g/mol. The zero-order chi connectivity index (χ0) is 20.1. The average Bonchev–Trinajstić information content (AvgIpc) is 2.69. The van der Waals surface area contributed by atoms with E-state index >= 15 is 0 Å². The van der Waals surface area contributed by atoms with Gasteiger partial charge in [0.2, 0.25) is 5.91 Å². The molecule has 1 aromatic rings. The van der Waals surface area contributed by atoms with Crippen molar-refractivity contribution < 1.29 is 13.2 Å². The number of carbonyl (C=O) groups is 1. The van der Waals surface area contributed by atoms with Crippen molar-refractivity contribution in [3.8, 4) is 0 Å². The zero-order valence-corrected chi connectivity index (χ0v) is 18.2. The highest BCUT2D eigenvalue weighted by Crippen LogP contribution is 2.32. The van der Waals surface area contributed by atoms with Crippen LogP contribution in [0.15, 0.2) is 24.3 Å². The predicted molar refractivity (Wildman–Crippen MR) is 114 cm³/mol. The standard InChI is InChI=1S/C23H35NO3S/c1-18(2)28(26,27)17-20-12-14-24(15-13-20)23(25)16-19-8-10-22(11-9-19)21-6-4-3-5-7-21/h8-11,18,20-21H,3-7,12-17H2,1-2H3. The normalized spacial score (nSPS) is 19.9. The second kappa shape index (κ2) is 9.43. The molecule has 0 aromatic heterocycles. The fourth-order valence-electron chi connectivity index (χ4n) is 4.50. The molecule has 1 heterocycles. The van der Waals surface area contributed by atoms with E-state index in [2.05, 4.69) is 24.3 Å². The fraction of sp³-hybridized carbons (Fsp3) is 0.696. The maximum Gasteiger partial charge on any atom is 0.226 e. The van der Waals surface area contributed by atoms with Gasteiger partial charge in [0.15, 0.2) is 9.84 Å². The van der Waals surface area contributed by atoms with Crippen LogP contribution in [0, 0.1) is 5.92 Å². The van der Waals surface area contributed by atoms with E-state index in [0.717, 1.165) is 18.4 Å². The summed E-state index contributed by atoms with van der Waals surface area (Å²) in [5.74, 6) is 1.30. The van der Waals surface area contributed by atoms with Crippen molar-refractivity contribution in [1.82, 2.24) is 4.90 Å². The number of benzene rings is 1. The highest BCUT2D eigenvalue weighted by atomic mass is 32.2. The van der Waals surface area contributed by atoms with E-state index in [0.29, 0.717) is 25.4 Å². The van der Waals surface area contributed by atoms with Crippen LogP contribution in [0.3, 0.4) is 0 Å². The molecule has 1 aromatic carbocycles. The Labute approximate surface area is 170 Å². The molecular formula is C23H35NO3S. The van der Waals surface area contributed by atoms with Crippen LogP contribution in [-0.2, 0) is 21.1 Å². The molecule has 0 radical (unpaired) electrons. The van der Waals surface area contributed by atoms with E-state index in [9.17, 15) is 13.2 Å². The van der Waals surface area contributed by atoms with E-state index in [4.69, 9.17) is 0 Å². The maximum absolute atomic E-state index is 12.7. The molecule has 1 aliphatic heterocycles. The number of rotatable bonds is 6. The molecule has 28 heavy (non-hydrogen) atoms. The second-order valence-corrected chi connectivity index (χ2v) is 11.6. The van der Waals surface area contributed by atoms with E-state index < -0.39 is 9.84 Å². The lowest BCUT2D eigenvalue weighted by molar-refractivity contribution is -0.131. The molecular weight excluding hydrogens is 370 g/mol. The molecule has 4 nitrogen and oxygen atoms in total. The van der Waals surface area contributed by atoms with Gasteiger partial charge in [-0.2, -0.15) is 0 Å². The quantitative estimate of drug-likeness (QED) is 0.707. The van der Waals surface area contributed by atoms with Crippen molar-refractivity contribution in [2.45, 2.75) is 76.4 Å². The first kappa shape index (κ1) is 21.4. The number of nitrogens with zero attached hydrogens (tertiary/aromatic N) is 1. The number of hydrogen-bond donors (Lipinski definition) is 0. The zero-order valence-electron chi connectivity index (χ0n) is 17.4. The van der Waals surface area contributed by atoms with Crippen LogP contribution in [-0.4, -0.2) is 43.3 Å². The van der Waals surface area contributed by atoms with E-state index in [1.165, 1.54) is 37.7 Å². The minimum Gasteiger partial charge on any atom is -0.342 e. The number of likely N-dealkylation sites (tertiary alicyclic amines) is 1. The smallest absolute Gasteiger partial charge is 0.226 e. The molecule has 3 rings (SSSR count). The van der Waals surface area contributed by atoms with Crippen LogP contribution >= 0.6 is 0 Å². The number of hydrogen-bond acceptors (Lipinski definition) is 3. The van der Waals surface area contributed by atoms with Gasteiger partial charge in [0.1, 0.15) is 0 Å². The van der Waals surface area contributed by atoms with Crippen LogP contribution in [0.25, 0.3) is 0 Å². The van der Waals surface area contributed by atoms with Crippen molar-refractivity contribution in [3.05, 3.63) is 35.4 Å². The largest absolute Gasteiger partial charge is 0.342 e. The fourth-order valence-corrected chi connectivity index (χ4v) is 5.88. The molecule has 5 heteroatoms. The Balaban J connectivity index is 1.48. The van der Waals surface area contributed by atoms with Gasteiger partial charge in [0, 0.05) is 13.1 Å². The molecule has 0 spiro atoms. The van der Waals surface area contributed by atoms with Gasteiger partial charge in [-0.25, -0.2) is 8.42 Å². The Kier molecular flexibility index (Phi) is 7.19. The molecule has 1 saturated heterocycles. The summed E-state index contributed by atoms with van der Waals surface area (Å²) in [6.07, 6.45) is 8.64. The molecule has 156 valence electrons. The third-order valence-electron chi connectivity index (χ3n) is 6.57. The van der Waals surface area contributed by atoms with Gasteiger partial charge in [-0.15, -0.1) is 0 Å². The predicted octanol–water partition coefficient (Wildman–Crippen LogP) is 4.34. The molecule has 2 aliphatic rings. The lowest BCUT2D eigenvalue weighted by Gasteiger charge is -2.32. The summed E-state index contributed by atoms with van der Waals surface area (Å²) in [6, 6.07) is 8.65. The Morgan fingerprint density at radius 2 is 1.61 bits per heavy atom. The average molecular weight is 406 g/mol. The van der Waals surface area contributed by atoms with E-state index in [1.54, 1.807) is 13.8 Å². The second-order valence-electron chi connectivity index (χ2n) is 8.96. The summed E-state index contributed by atoms with van der Waals surface area (Å²) in [4.78, 5) is 14.6. The lowest BCUT2D eigenvalue weighted by atomic mass is 9.84. The van der Waals surface area contributed by atoms with Crippen molar-refractivity contribution in [2.24, 2.45) is 5.92 Å². The molecule has 0 unspecified atom stereocenters. The van der Waals surface area contributed by atoms with Crippen LogP contribution < -0.4 is 0 Å². The number of amides is 1. The minimum absolute atomic E-state index is 0.163. The highest BCUT2D eigenvalue weighted by molar-refractivity contribution is 7.91. The van der Waals surface area contributed by atoms with Crippen molar-refractivity contribution in [1.29, 1.82) is 0 Å². The van der Waals surface area contributed by atoms with E-state index in [-0.39, 0.29) is 22.8 Å². The van der Waals surface area contributed by atoms with Crippen molar-refractivity contribution in [2.75, 3.05) is 18.8 Å². The molecule has 1 amide bonds. The SMILES string of the molecule is CC(C)S(=O)(=O)CC1CCN(C(=O)Cc2ccc(C3CCCCC3)cc2)CC1. The van der Waals surface area contributed by atoms with E-state index in [1.807, 2.05) is 4.90 Å². The first-order valence-electron chi connectivity index (χ1n) is 10.9. The number of piperidine rings is 1. The first-order valence-corrected chi connectivity index (χ1v) is 12.6. The number of carbonyl (C=O) groups excluding carboxylic acids is 1. The van der Waals surface area contributed by atoms with Gasteiger partial charge in [0.25, 0.3) is 0 Å². The Bertz CT molecular complexity index is 741. The Hall–Kier alpha value is -1.36. The van der Waals surface area contributed by atoms with Gasteiger partial charge in [-0.1, -0.05) is 43.5 Å². The van der Waals surface area contributed by atoms with Gasteiger partial charge in [-0.05, 0) is 62.5 Å². The molecule has 1 saturated carbocycles. The maximum atomic E-state index is 12.7. The Morgan fingerprint density at radius 3 is 2.18 bits per heavy atom. The highest BCUT2D eigenvalue weighted by Gasteiger charge is 2.28. The molecule has 0 bridgehead atoms. The van der Waals surface area contributed by atoms with Gasteiger partial charge < -0.3 is 4.90 Å². The van der Waals surface area contributed by atoms with Crippen LogP contribution in [0.4, 0.5) is 0 Å². The van der Waals surface area contributed by atoms with Crippen LogP contribution in [0.1, 0.15) is 75.8 Å². The molecule has 0 N–H and O–H groups in total. The molecule has 2 fully saturated rings. The molecule has 1 aliphatic carbocycles. The van der Waals surface area contributed by atoms with Gasteiger partial charge in [0.05, 0.1) is 17.4 Å². The minimum atomic E-state index is -3.00. The lowest BCUT2D eigenvalue weighted by Crippen LogP contribution is -2.41. The Morgan fingerprint density at radius 1 is 1.00 bits per heavy atom. The summed E-state index contributed by atoms with van der Waals surface area (Å²) in [6.45, 7) is 4.84. The third-order valence-corrected chi connectivity index (χ3v) is 8.94. The summed E-state index contributed by atoms with van der Waals surface area (Å²) in [5, 5.41) is -0.316. The van der Waals surface area contributed by atoms with Crippen molar-refractivity contribution >= 4 is 15.7 Å².